The summed E-state index contributed by atoms with van der Waals surface area (Å²) in [6, 6.07) is 1.72. The molecule has 0 fully saturated rings. The Hall–Kier alpha value is -2.05. The van der Waals surface area contributed by atoms with E-state index in [1.165, 1.54) is 15.7 Å². The molecule has 7 nitrogen and oxygen atoms in total. The van der Waals surface area contributed by atoms with Crippen LogP contribution in [-0.2, 0) is 13.6 Å². The van der Waals surface area contributed by atoms with Crippen molar-refractivity contribution >= 4 is 0 Å². The summed E-state index contributed by atoms with van der Waals surface area (Å²) in [6.07, 6.45) is 3.04. The summed E-state index contributed by atoms with van der Waals surface area (Å²) in [5, 5.41) is 7.25. The molecule has 0 atom stereocenters. The number of nitrogens with zero attached hydrogens (tertiary/aromatic N) is 6. The standard InChI is InChI=1S/C7H8N6O/c1-12-7(14)13(11-10-12)4-6-2-3-8-5-9-6/h2-3,5H,4H2,1H3. The maximum absolute atomic E-state index is 11.3. The van der Waals surface area contributed by atoms with Crippen LogP contribution in [0, 0.1) is 0 Å². The monoisotopic (exact) mass is 192 g/mol. The quantitative estimate of drug-likeness (QED) is 0.598. The van der Waals surface area contributed by atoms with Crippen LogP contribution in [-0.4, -0.2) is 29.8 Å². The third kappa shape index (κ3) is 1.51. The fraction of sp³-hybridized carbons (Fsp3) is 0.286. The molecule has 0 aliphatic carbocycles. The minimum atomic E-state index is -0.261. The van der Waals surface area contributed by atoms with Crippen molar-refractivity contribution in [2.45, 2.75) is 6.54 Å². The van der Waals surface area contributed by atoms with Gasteiger partial charge in [-0.05, 0) is 16.5 Å². The molecule has 0 aliphatic rings. The molecule has 0 radical (unpaired) electrons. The number of aromatic nitrogens is 6. The van der Waals surface area contributed by atoms with Crippen molar-refractivity contribution in [1.29, 1.82) is 0 Å². The highest BCUT2D eigenvalue weighted by molar-refractivity contribution is 4.97. The predicted molar refractivity (Wildman–Crippen MR) is 46.4 cm³/mol. The zero-order chi connectivity index (χ0) is 9.97. The lowest BCUT2D eigenvalue weighted by molar-refractivity contribution is 0.620. The lowest BCUT2D eigenvalue weighted by atomic mass is 10.4. The highest BCUT2D eigenvalue weighted by Gasteiger charge is 2.03. The van der Waals surface area contributed by atoms with Crippen LogP contribution in [0.15, 0.2) is 23.4 Å². The molecule has 72 valence electrons. The van der Waals surface area contributed by atoms with Crippen LogP contribution in [0.3, 0.4) is 0 Å². The van der Waals surface area contributed by atoms with Crippen molar-refractivity contribution < 1.29 is 0 Å². The van der Waals surface area contributed by atoms with E-state index in [9.17, 15) is 4.79 Å². The third-order valence-corrected chi connectivity index (χ3v) is 1.73. The first-order chi connectivity index (χ1) is 6.77. The average Bonchev–Trinajstić information content (AvgIpc) is 2.52. The second-order valence-electron chi connectivity index (χ2n) is 2.74. The van der Waals surface area contributed by atoms with E-state index in [4.69, 9.17) is 0 Å². The zero-order valence-corrected chi connectivity index (χ0v) is 7.53. The molecule has 0 N–H and O–H groups in total. The van der Waals surface area contributed by atoms with Gasteiger partial charge in [0.2, 0.25) is 0 Å². The highest BCUT2D eigenvalue weighted by atomic mass is 16.2. The van der Waals surface area contributed by atoms with Gasteiger partial charge in [0.05, 0.1) is 12.2 Å². The largest absolute Gasteiger partial charge is 0.363 e. The summed E-state index contributed by atoms with van der Waals surface area (Å²) < 4.78 is 2.41. The molecule has 0 saturated heterocycles. The van der Waals surface area contributed by atoms with Gasteiger partial charge in [-0.25, -0.2) is 14.8 Å². The molecule has 0 amide bonds. The van der Waals surface area contributed by atoms with Gasteiger partial charge in [0, 0.05) is 13.2 Å². The molecule has 0 aromatic carbocycles. The molecule has 14 heavy (non-hydrogen) atoms. The Morgan fingerprint density at radius 2 is 2.29 bits per heavy atom. The average molecular weight is 192 g/mol. The predicted octanol–water partition coefficient (Wildman–Crippen LogP) is -1.18. The fourth-order valence-electron chi connectivity index (χ4n) is 1.02. The van der Waals surface area contributed by atoms with E-state index in [2.05, 4.69) is 20.4 Å². The first kappa shape index (κ1) is 8.54. The number of hydrogen-bond donors (Lipinski definition) is 0. The summed E-state index contributed by atoms with van der Waals surface area (Å²) in [6.45, 7) is 0.315. The molecule has 2 aromatic rings. The van der Waals surface area contributed by atoms with E-state index >= 15 is 0 Å². The van der Waals surface area contributed by atoms with Crippen LogP contribution in [0.4, 0.5) is 0 Å². The second kappa shape index (κ2) is 3.36. The van der Waals surface area contributed by atoms with E-state index in [0.717, 1.165) is 5.69 Å². The van der Waals surface area contributed by atoms with Gasteiger partial charge >= 0.3 is 5.69 Å². The Balaban J connectivity index is 2.28. The molecular weight excluding hydrogens is 184 g/mol. The van der Waals surface area contributed by atoms with Crippen molar-refractivity contribution in [2.24, 2.45) is 7.05 Å². The van der Waals surface area contributed by atoms with Crippen molar-refractivity contribution in [3.63, 3.8) is 0 Å². The lowest BCUT2D eigenvalue weighted by Gasteiger charge is -1.95. The van der Waals surface area contributed by atoms with E-state index < -0.39 is 0 Å². The van der Waals surface area contributed by atoms with Gasteiger partial charge in [0.15, 0.2) is 0 Å². The minimum absolute atomic E-state index is 0.261. The SMILES string of the molecule is Cn1nnn(Cc2ccncn2)c1=O. The van der Waals surface area contributed by atoms with Crippen LogP contribution >= 0.6 is 0 Å². The van der Waals surface area contributed by atoms with E-state index in [1.807, 2.05) is 0 Å². The van der Waals surface area contributed by atoms with Crippen LogP contribution in [0.25, 0.3) is 0 Å². The zero-order valence-electron chi connectivity index (χ0n) is 7.53. The number of hydrogen-bond acceptors (Lipinski definition) is 5. The number of aryl methyl sites for hydroxylation is 1. The van der Waals surface area contributed by atoms with Crippen molar-refractivity contribution in [2.75, 3.05) is 0 Å². The normalized spacial score (nSPS) is 10.4. The van der Waals surface area contributed by atoms with Crippen molar-refractivity contribution in [3.05, 3.63) is 34.8 Å². The van der Waals surface area contributed by atoms with Gasteiger partial charge < -0.3 is 0 Å². The summed E-state index contributed by atoms with van der Waals surface area (Å²) in [5.41, 5.74) is 0.464. The Bertz CT molecular complexity index is 472. The Morgan fingerprint density at radius 1 is 1.43 bits per heavy atom. The maximum Gasteiger partial charge on any atom is 0.363 e. The fourth-order valence-corrected chi connectivity index (χ4v) is 1.02. The molecule has 2 aromatic heterocycles. The first-order valence-electron chi connectivity index (χ1n) is 3.99. The van der Waals surface area contributed by atoms with E-state index in [-0.39, 0.29) is 5.69 Å². The van der Waals surface area contributed by atoms with Crippen LogP contribution in [0.1, 0.15) is 5.69 Å². The summed E-state index contributed by atoms with van der Waals surface area (Å²) in [4.78, 5) is 19.1. The topological polar surface area (TPSA) is 78.5 Å². The van der Waals surface area contributed by atoms with Gasteiger partial charge in [0.25, 0.3) is 0 Å². The third-order valence-electron chi connectivity index (χ3n) is 1.73. The summed E-state index contributed by atoms with van der Waals surface area (Å²) >= 11 is 0. The Morgan fingerprint density at radius 3 is 2.86 bits per heavy atom. The molecule has 0 saturated carbocycles. The second-order valence-corrected chi connectivity index (χ2v) is 2.74. The Labute approximate surface area is 79.0 Å². The minimum Gasteiger partial charge on any atom is -0.245 e. The lowest BCUT2D eigenvalue weighted by Crippen LogP contribution is -2.24. The van der Waals surface area contributed by atoms with Gasteiger partial charge in [-0.1, -0.05) is 0 Å². The summed E-state index contributed by atoms with van der Waals surface area (Å²) in [5.74, 6) is 0. The molecule has 0 unspecified atom stereocenters. The molecule has 2 heterocycles. The van der Waals surface area contributed by atoms with Crippen LogP contribution < -0.4 is 5.69 Å². The molecule has 0 bridgehead atoms. The Kier molecular flexibility index (Phi) is 2.05. The van der Waals surface area contributed by atoms with Crippen LogP contribution in [0.5, 0.6) is 0 Å². The smallest absolute Gasteiger partial charge is 0.245 e. The highest BCUT2D eigenvalue weighted by Crippen LogP contribution is 1.91. The molecule has 0 aliphatic heterocycles. The van der Waals surface area contributed by atoms with Crippen molar-refractivity contribution in [1.82, 2.24) is 29.8 Å². The van der Waals surface area contributed by atoms with Gasteiger partial charge in [0.1, 0.15) is 6.33 Å². The van der Waals surface area contributed by atoms with Gasteiger partial charge in [-0.2, -0.15) is 9.36 Å². The number of tetrazole rings is 1. The van der Waals surface area contributed by atoms with Gasteiger partial charge in [-0.15, -0.1) is 0 Å². The van der Waals surface area contributed by atoms with E-state index in [0.29, 0.717) is 6.54 Å². The van der Waals surface area contributed by atoms with Crippen LogP contribution in [0.2, 0.25) is 0 Å². The van der Waals surface area contributed by atoms with E-state index in [1.54, 1.807) is 19.3 Å². The molecule has 7 heteroatoms. The summed E-state index contributed by atoms with van der Waals surface area (Å²) in [7, 11) is 1.55. The molecule has 0 spiro atoms. The molecule has 2 rings (SSSR count). The number of rotatable bonds is 2. The van der Waals surface area contributed by atoms with Gasteiger partial charge in [-0.3, -0.25) is 0 Å². The molecular formula is C7H8N6O. The first-order valence-corrected chi connectivity index (χ1v) is 3.99. The maximum atomic E-state index is 11.3. The van der Waals surface area contributed by atoms with Crippen molar-refractivity contribution in [3.8, 4) is 0 Å².